The Balaban J connectivity index is 1.69. The topological polar surface area (TPSA) is 63.7 Å². The first kappa shape index (κ1) is 17.6. The number of likely N-dealkylation sites (tertiary alicyclic amines) is 1. The van der Waals surface area contributed by atoms with Crippen molar-refractivity contribution in [1.29, 1.82) is 0 Å². The fraction of sp³-hybridized carbons (Fsp3) is 0.190. The molecule has 2 amide bonds. The number of esters is 1. The molecule has 0 unspecified atom stereocenters. The molecule has 5 heteroatoms. The van der Waals surface area contributed by atoms with Crippen molar-refractivity contribution in [1.82, 2.24) is 4.90 Å². The third-order valence-corrected chi connectivity index (χ3v) is 4.30. The van der Waals surface area contributed by atoms with Gasteiger partial charge >= 0.3 is 5.97 Å². The van der Waals surface area contributed by atoms with Crippen LogP contribution >= 0.6 is 0 Å². The molecule has 1 saturated heterocycles. The summed E-state index contributed by atoms with van der Waals surface area (Å²) in [7, 11) is 1.32. The maximum absolute atomic E-state index is 12.5. The number of ether oxygens (including phenoxy) is 1. The average Bonchev–Trinajstić information content (AvgIpc) is 2.94. The van der Waals surface area contributed by atoms with Gasteiger partial charge in [0, 0.05) is 12.1 Å². The lowest BCUT2D eigenvalue weighted by Gasteiger charge is -2.13. The Morgan fingerprint density at radius 1 is 1.08 bits per heavy atom. The second kappa shape index (κ2) is 7.78. The Morgan fingerprint density at radius 3 is 2.42 bits per heavy atom. The minimum atomic E-state index is -0.414. The molecule has 2 aromatic carbocycles. The largest absolute Gasteiger partial charge is 0.465 e. The minimum absolute atomic E-state index is 0.104. The van der Waals surface area contributed by atoms with Crippen LogP contribution < -0.4 is 0 Å². The van der Waals surface area contributed by atoms with Crippen LogP contribution in [0.1, 0.15) is 27.9 Å². The van der Waals surface area contributed by atoms with Gasteiger partial charge in [-0.2, -0.15) is 0 Å². The number of imide groups is 1. The molecule has 132 valence electrons. The van der Waals surface area contributed by atoms with Crippen LogP contribution in [-0.4, -0.2) is 36.3 Å². The first-order valence-corrected chi connectivity index (χ1v) is 8.36. The molecule has 0 atom stereocenters. The molecule has 1 aliphatic heterocycles. The number of amides is 2. The van der Waals surface area contributed by atoms with Gasteiger partial charge in [0.15, 0.2) is 0 Å². The summed E-state index contributed by atoms with van der Waals surface area (Å²) in [6, 6.07) is 16.5. The maximum Gasteiger partial charge on any atom is 0.337 e. The molecule has 3 rings (SSSR count). The van der Waals surface area contributed by atoms with Gasteiger partial charge in [-0.25, -0.2) is 4.79 Å². The molecule has 1 heterocycles. The molecule has 0 bridgehead atoms. The van der Waals surface area contributed by atoms with Gasteiger partial charge in [-0.1, -0.05) is 42.5 Å². The van der Waals surface area contributed by atoms with Crippen molar-refractivity contribution in [2.75, 3.05) is 13.7 Å². The number of benzene rings is 2. The average molecular weight is 349 g/mol. The third-order valence-electron chi connectivity index (χ3n) is 4.30. The van der Waals surface area contributed by atoms with Crippen molar-refractivity contribution in [3.05, 3.63) is 76.9 Å². The highest BCUT2D eigenvalue weighted by Crippen LogP contribution is 2.22. The van der Waals surface area contributed by atoms with E-state index in [2.05, 4.69) is 4.74 Å². The highest BCUT2D eigenvalue weighted by Gasteiger charge is 2.33. The van der Waals surface area contributed by atoms with E-state index < -0.39 is 5.97 Å². The van der Waals surface area contributed by atoms with E-state index in [0.29, 0.717) is 24.1 Å². The van der Waals surface area contributed by atoms with E-state index in [1.165, 1.54) is 12.0 Å². The van der Waals surface area contributed by atoms with Gasteiger partial charge in [0.1, 0.15) is 0 Å². The third kappa shape index (κ3) is 3.88. The van der Waals surface area contributed by atoms with Crippen LogP contribution in [0.4, 0.5) is 0 Å². The van der Waals surface area contributed by atoms with Gasteiger partial charge < -0.3 is 4.74 Å². The van der Waals surface area contributed by atoms with E-state index in [-0.39, 0.29) is 18.2 Å². The van der Waals surface area contributed by atoms with Gasteiger partial charge in [-0.15, -0.1) is 0 Å². The molecule has 1 fully saturated rings. The summed E-state index contributed by atoms with van der Waals surface area (Å²) in [5.74, 6) is -0.838. The molecule has 1 aliphatic rings. The number of carbonyl (C=O) groups excluding carboxylic acids is 3. The van der Waals surface area contributed by atoms with Crippen LogP contribution in [0, 0.1) is 0 Å². The molecule has 0 saturated carbocycles. The van der Waals surface area contributed by atoms with Crippen LogP contribution in [0.3, 0.4) is 0 Å². The van der Waals surface area contributed by atoms with E-state index in [1.807, 2.05) is 30.3 Å². The first-order chi connectivity index (χ1) is 12.6. The predicted octanol–water partition coefficient (Wildman–Crippen LogP) is 2.86. The van der Waals surface area contributed by atoms with Crippen molar-refractivity contribution < 1.29 is 19.1 Å². The Hall–Kier alpha value is -3.21. The zero-order valence-electron chi connectivity index (χ0n) is 14.5. The van der Waals surface area contributed by atoms with Crippen molar-refractivity contribution >= 4 is 23.9 Å². The SMILES string of the molecule is COC(=O)c1ccc(C=C2CC(=O)N(CCc3ccccc3)C2=O)cc1. The van der Waals surface area contributed by atoms with E-state index in [4.69, 9.17) is 0 Å². The lowest BCUT2D eigenvalue weighted by molar-refractivity contribution is -0.137. The van der Waals surface area contributed by atoms with Gasteiger partial charge in [-0.05, 0) is 35.8 Å². The maximum atomic E-state index is 12.5. The molecule has 0 aliphatic carbocycles. The zero-order chi connectivity index (χ0) is 18.5. The quantitative estimate of drug-likeness (QED) is 0.473. The molecule has 0 radical (unpaired) electrons. The van der Waals surface area contributed by atoms with Crippen molar-refractivity contribution in [3.63, 3.8) is 0 Å². The number of rotatable bonds is 5. The summed E-state index contributed by atoms with van der Waals surface area (Å²) >= 11 is 0. The first-order valence-electron chi connectivity index (χ1n) is 8.36. The van der Waals surface area contributed by atoms with E-state index in [1.54, 1.807) is 30.3 Å². The summed E-state index contributed by atoms with van der Waals surface area (Å²) in [5.41, 5.74) is 2.75. The second-order valence-electron chi connectivity index (χ2n) is 6.05. The molecule has 5 nitrogen and oxygen atoms in total. The van der Waals surface area contributed by atoms with Gasteiger partial charge in [0.25, 0.3) is 5.91 Å². The summed E-state index contributed by atoms with van der Waals surface area (Å²) < 4.78 is 4.66. The standard InChI is InChI=1S/C21H19NO4/c1-26-21(25)17-9-7-16(8-10-17)13-18-14-19(23)22(20(18)24)12-11-15-5-3-2-4-6-15/h2-10,13H,11-12,14H2,1H3. The fourth-order valence-electron chi connectivity index (χ4n) is 2.88. The molecular weight excluding hydrogens is 330 g/mol. The number of nitrogens with zero attached hydrogens (tertiary/aromatic N) is 1. The molecule has 0 N–H and O–H groups in total. The number of hydrogen-bond donors (Lipinski definition) is 0. The predicted molar refractivity (Wildman–Crippen MR) is 97.2 cm³/mol. The molecule has 0 aromatic heterocycles. The Bertz CT molecular complexity index is 853. The van der Waals surface area contributed by atoms with Gasteiger partial charge in [0.2, 0.25) is 5.91 Å². The fourth-order valence-corrected chi connectivity index (χ4v) is 2.88. The highest BCUT2D eigenvalue weighted by atomic mass is 16.5. The number of methoxy groups -OCH3 is 1. The lowest BCUT2D eigenvalue weighted by Crippen LogP contribution is -2.31. The van der Waals surface area contributed by atoms with Gasteiger partial charge in [-0.3, -0.25) is 14.5 Å². The molecule has 26 heavy (non-hydrogen) atoms. The van der Waals surface area contributed by atoms with E-state index in [9.17, 15) is 14.4 Å². The molecule has 2 aromatic rings. The van der Waals surface area contributed by atoms with Crippen molar-refractivity contribution in [3.8, 4) is 0 Å². The van der Waals surface area contributed by atoms with Crippen LogP contribution in [0.25, 0.3) is 6.08 Å². The van der Waals surface area contributed by atoms with Gasteiger partial charge in [0.05, 0.1) is 19.1 Å². The van der Waals surface area contributed by atoms with Crippen LogP contribution in [0.2, 0.25) is 0 Å². The van der Waals surface area contributed by atoms with Crippen molar-refractivity contribution in [2.24, 2.45) is 0 Å². The summed E-state index contributed by atoms with van der Waals surface area (Å²) in [6.07, 6.45) is 2.44. The Morgan fingerprint density at radius 2 is 1.77 bits per heavy atom. The zero-order valence-corrected chi connectivity index (χ0v) is 14.5. The van der Waals surface area contributed by atoms with Crippen LogP contribution in [0.5, 0.6) is 0 Å². The number of hydrogen-bond acceptors (Lipinski definition) is 4. The molecule has 0 spiro atoms. The Kier molecular flexibility index (Phi) is 5.27. The monoisotopic (exact) mass is 349 g/mol. The minimum Gasteiger partial charge on any atom is -0.465 e. The van der Waals surface area contributed by atoms with Crippen LogP contribution in [-0.2, 0) is 20.7 Å². The summed E-state index contributed by atoms with van der Waals surface area (Å²) in [4.78, 5) is 37.5. The number of carbonyl (C=O) groups is 3. The molecular formula is C21H19NO4. The van der Waals surface area contributed by atoms with E-state index in [0.717, 1.165) is 11.1 Å². The second-order valence-corrected chi connectivity index (χ2v) is 6.05. The normalized spacial score (nSPS) is 15.6. The van der Waals surface area contributed by atoms with Crippen LogP contribution in [0.15, 0.2) is 60.2 Å². The van der Waals surface area contributed by atoms with E-state index >= 15 is 0 Å². The summed E-state index contributed by atoms with van der Waals surface area (Å²) in [6.45, 7) is 0.375. The van der Waals surface area contributed by atoms with Crippen molar-refractivity contribution in [2.45, 2.75) is 12.8 Å². The smallest absolute Gasteiger partial charge is 0.337 e. The summed E-state index contributed by atoms with van der Waals surface area (Å²) in [5, 5.41) is 0. The highest BCUT2D eigenvalue weighted by molar-refractivity contribution is 6.15. The Labute approximate surface area is 151 Å². The lowest BCUT2D eigenvalue weighted by atomic mass is 10.1.